The van der Waals surface area contributed by atoms with Gasteiger partial charge in [-0.2, -0.15) is 0 Å². The van der Waals surface area contributed by atoms with E-state index in [2.05, 4.69) is 5.32 Å². The molecule has 2 atom stereocenters. The first-order chi connectivity index (χ1) is 10.3. The molecule has 2 N–H and O–H groups in total. The molecule has 6 nitrogen and oxygen atoms in total. The minimum Gasteiger partial charge on any atom is -0.480 e. The molecule has 0 aromatic heterocycles. The average Bonchev–Trinajstić information content (AvgIpc) is 2.83. The highest BCUT2D eigenvalue weighted by Gasteiger charge is 2.36. The van der Waals surface area contributed by atoms with Crippen molar-refractivity contribution < 1.29 is 19.5 Å². The highest BCUT2D eigenvalue weighted by atomic mass is 16.4. The Morgan fingerprint density at radius 3 is 2.68 bits per heavy atom. The number of hydrogen-bond donors (Lipinski definition) is 2. The quantitative estimate of drug-likeness (QED) is 0.876. The van der Waals surface area contributed by atoms with Gasteiger partial charge in [0.05, 0.1) is 5.92 Å². The molecule has 1 saturated heterocycles. The van der Waals surface area contributed by atoms with Crippen LogP contribution in [0.3, 0.4) is 0 Å². The summed E-state index contributed by atoms with van der Waals surface area (Å²) in [5.74, 6) is -2.12. The number of nitrogens with one attached hydrogen (secondary N) is 1. The van der Waals surface area contributed by atoms with Crippen molar-refractivity contribution in [3.8, 4) is 0 Å². The predicted molar refractivity (Wildman–Crippen MR) is 81.6 cm³/mol. The normalized spacial score (nSPS) is 19.1. The Morgan fingerprint density at radius 2 is 2.05 bits per heavy atom. The number of rotatable bonds is 4. The Bertz CT molecular complexity index is 627. The molecule has 1 aromatic carbocycles. The van der Waals surface area contributed by atoms with Crippen LogP contribution < -0.4 is 10.2 Å². The van der Waals surface area contributed by atoms with Gasteiger partial charge in [-0.3, -0.25) is 14.4 Å². The van der Waals surface area contributed by atoms with E-state index in [1.807, 2.05) is 32.0 Å². The van der Waals surface area contributed by atoms with Crippen LogP contribution in [0.1, 0.15) is 24.5 Å². The monoisotopic (exact) mass is 304 g/mol. The number of carboxylic acid groups (broad SMARTS) is 1. The molecule has 1 fully saturated rings. The van der Waals surface area contributed by atoms with Crippen molar-refractivity contribution in [2.24, 2.45) is 5.92 Å². The van der Waals surface area contributed by atoms with Crippen molar-refractivity contribution in [2.75, 3.05) is 11.4 Å². The van der Waals surface area contributed by atoms with Crippen molar-refractivity contribution in [2.45, 2.75) is 33.2 Å². The van der Waals surface area contributed by atoms with Gasteiger partial charge < -0.3 is 15.3 Å². The zero-order valence-electron chi connectivity index (χ0n) is 12.9. The van der Waals surface area contributed by atoms with Gasteiger partial charge in [0.25, 0.3) is 0 Å². The van der Waals surface area contributed by atoms with Crippen molar-refractivity contribution >= 4 is 23.5 Å². The summed E-state index contributed by atoms with van der Waals surface area (Å²) in [6.45, 7) is 5.59. The zero-order valence-corrected chi connectivity index (χ0v) is 12.9. The lowest BCUT2D eigenvalue weighted by Crippen LogP contribution is -2.42. The van der Waals surface area contributed by atoms with Gasteiger partial charge in [0.1, 0.15) is 6.04 Å². The first-order valence-corrected chi connectivity index (χ1v) is 7.21. The smallest absolute Gasteiger partial charge is 0.325 e. The minimum absolute atomic E-state index is 0.103. The Balaban J connectivity index is 2.12. The summed E-state index contributed by atoms with van der Waals surface area (Å²) in [7, 11) is 0. The number of anilines is 1. The van der Waals surface area contributed by atoms with Gasteiger partial charge in [0.2, 0.25) is 11.8 Å². The van der Waals surface area contributed by atoms with Crippen LogP contribution in [-0.2, 0) is 14.4 Å². The Hall–Kier alpha value is -2.37. The number of carboxylic acids is 1. The number of nitrogens with zero attached hydrogens (tertiary/aromatic N) is 1. The Kier molecular flexibility index (Phi) is 4.49. The third kappa shape index (κ3) is 3.10. The molecule has 0 saturated carbocycles. The van der Waals surface area contributed by atoms with Crippen LogP contribution in [0.25, 0.3) is 0 Å². The molecule has 2 amide bonds. The van der Waals surface area contributed by atoms with Gasteiger partial charge in [-0.15, -0.1) is 0 Å². The fourth-order valence-electron chi connectivity index (χ4n) is 2.54. The summed E-state index contributed by atoms with van der Waals surface area (Å²) in [5, 5.41) is 11.3. The molecule has 2 unspecified atom stereocenters. The second-order valence-corrected chi connectivity index (χ2v) is 5.69. The third-order valence-electron chi connectivity index (χ3n) is 4.09. The molecule has 0 spiro atoms. The molecule has 22 heavy (non-hydrogen) atoms. The molecule has 0 aliphatic carbocycles. The number of amides is 2. The molecule has 1 heterocycles. The van der Waals surface area contributed by atoms with Crippen molar-refractivity contribution in [3.05, 3.63) is 29.3 Å². The fraction of sp³-hybridized carbons (Fsp3) is 0.438. The number of carbonyl (C=O) groups excluding carboxylic acids is 2. The second kappa shape index (κ2) is 6.17. The molecule has 0 radical (unpaired) electrons. The summed E-state index contributed by atoms with van der Waals surface area (Å²) in [4.78, 5) is 36.7. The minimum atomic E-state index is -1.09. The molecule has 1 aromatic rings. The maximum absolute atomic E-state index is 12.2. The number of benzene rings is 1. The van der Waals surface area contributed by atoms with Gasteiger partial charge in [-0.05, 0) is 38.0 Å². The highest BCUT2D eigenvalue weighted by Crippen LogP contribution is 2.29. The van der Waals surface area contributed by atoms with Crippen molar-refractivity contribution in [1.82, 2.24) is 5.32 Å². The van der Waals surface area contributed by atoms with E-state index in [0.29, 0.717) is 0 Å². The largest absolute Gasteiger partial charge is 0.480 e. The van der Waals surface area contributed by atoms with Crippen molar-refractivity contribution in [1.29, 1.82) is 0 Å². The summed E-state index contributed by atoms with van der Waals surface area (Å²) in [6.07, 6.45) is 0.103. The predicted octanol–water partition coefficient (Wildman–Crippen LogP) is 1.25. The third-order valence-corrected chi connectivity index (χ3v) is 4.09. The van der Waals surface area contributed by atoms with E-state index in [9.17, 15) is 14.4 Å². The fourth-order valence-corrected chi connectivity index (χ4v) is 2.54. The molecule has 1 aliphatic rings. The van der Waals surface area contributed by atoms with Crippen LogP contribution in [0.2, 0.25) is 0 Å². The standard InChI is InChI=1S/C16H20N2O4/c1-9-5-4-6-13(10(9)2)18-8-12(7-14(18)19)15(20)17-11(3)16(21)22/h4-6,11-12H,7-8H2,1-3H3,(H,17,20)(H,21,22). The lowest BCUT2D eigenvalue weighted by atomic mass is 10.1. The van der Waals surface area contributed by atoms with E-state index in [1.54, 1.807) is 4.90 Å². The molecule has 118 valence electrons. The number of aliphatic carboxylic acids is 1. The molecular formula is C16H20N2O4. The van der Waals surface area contributed by atoms with E-state index in [4.69, 9.17) is 5.11 Å². The van der Waals surface area contributed by atoms with E-state index < -0.39 is 23.8 Å². The molecule has 2 rings (SSSR count). The van der Waals surface area contributed by atoms with E-state index in [1.165, 1.54) is 6.92 Å². The first-order valence-electron chi connectivity index (χ1n) is 7.21. The van der Waals surface area contributed by atoms with Crippen LogP contribution in [-0.4, -0.2) is 35.5 Å². The van der Waals surface area contributed by atoms with E-state index >= 15 is 0 Å². The van der Waals surface area contributed by atoms with Crippen LogP contribution in [0.15, 0.2) is 18.2 Å². The van der Waals surface area contributed by atoms with Crippen LogP contribution in [0, 0.1) is 19.8 Å². The topological polar surface area (TPSA) is 86.7 Å². The van der Waals surface area contributed by atoms with Gasteiger partial charge >= 0.3 is 5.97 Å². The maximum atomic E-state index is 12.2. The molecular weight excluding hydrogens is 284 g/mol. The number of aryl methyl sites for hydroxylation is 1. The lowest BCUT2D eigenvalue weighted by molar-refractivity contribution is -0.141. The SMILES string of the molecule is Cc1cccc(N2CC(C(=O)NC(C)C(=O)O)CC2=O)c1C. The molecule has 1 aliphatic heterocycles. The van der Waals surface area contributed by atoms with Crippen LogP contribution >= 0.6 is 0 Å². The summed E-state index contributed by atoms with van der Waals surface area (Å²) in [6, 6.07) is 4.75. The maximum Gasteiger partial charge on any atom is 0.325 e. The highest BCUT2D eigenvalue weighted by molar-refractivity contribution is 6.01. The van der Waals surface area contributed by atoms with Crippen LogP contribution in [0.5, 0.6) is 0 Å². The number of hydrogen-bond acceptors (Lipinski definition) is 3. The van der Waals surface area contributed by atoms with Gasteiger partial charge in [0, 0.05) is 18.7 Å². The zero-order chi connectivity index (χ0) is 16.4. The van der Waals surface area contributed by atoms with Crippen molar-refractivity contribution in [3.63, 3.8) is 0 Å². The lowest BCUT2D eigenvalue weighted by Gasteiger charge is -2.20. The summed E-state index contributed by atoms with van der Waals surface area (Å²) in [5.41, 5.74) is 2.90. The first kappa shape index (κ1) is 16.0. The van der Waals surface area contributed by atoms with Gasteiger partial charge in [-0.1, -0.05) is 12.1 Å². The average molecular weight is 304 g/mol. The summed E-state index contributed by atoms with van der Waals surface area (Å²) >= 11 is 0. The van der Waals surface area contributed by atoms with Crippen LogP contribution in [0.4, 0.5) is 5.69 Å². The Morgan fingerprint density at radius 1 is 1.36 bits per heavy atom. The second-order valence-electron chi connectivity index (χ2n) is 5.69. The Labute approximate surface area is 129 Å². The summed E-state index contributed by atoms with van der Waals surface area (Å²) < 4.78 is 0. The van der Waals surface area contributed by atoms with Gasteiger partial charge in [0.15, 0.2) is 0 Å². The number of carbonyl (C=O) groups is 3. The van der Waals surface area contributed by atoms with E-state index in [0.717, 1.165) is 16.8 Å². The van der Waals surface area contributed by atoms with Gasteiger partial charge in [-0.25, -0.2) is 0 Å². The van der Waals surface area contributed by atoms with E-state index in [-0.39, 0.29) is 18.9 Å². The molecule has 0 bridgehead atoms. The molecule has 6 heteroatoms.